The number of aldehydes is 1. The minimum absolute atomic E-state index is 0.0369. The topological polar surface area (TPSA) is 125 Å². The van der Waals surface area contributed by atoms with E-state index in [1.807, 2.05) is 26.0 Å². The maximum absolute atomic E-state index is 13.5. The lowest BCUT2D eigenvalue weighted by Gasteiger charge is -2.61. The summed E-state index contributed by atoms with van der Waals surface area (Å²) in [6.07, 6.45) is 6.37. The molecule has 4 aliphatic rings. The first-order chi connectivity index (χ1) is 26.3. The van der Waals surface area contributed by atoms with E-state index in [0.717, 1.165) is 51.2 Å². The monoisotopic (exact) mass is 758 g/mol. The summed E-state index contributed by atoms with van der Waals surface area (Å²) in [5.41, 5.74) is 0.768. The number of ketones is 1. The molecule has 6 rings (SSSR count). The van der Waals surface area contributed by atoms with Crippen molar-refractivity contribution in [3.8, 4) is 0 Å². The standard InChI is InChI=1S/C46H62O9/c1-29(16-18-36(48)26-35(27-47)45(4)23-21-39-38(31(45)3)19-17-34-25-37(49)20-22-46(34,39)5)28-52-44-41(55-43(51)33-14-10-7-11-15-33)40(24-30(2)53-44)54-42(50)32-12-8-6-9-13-32/h6-15,27,29-31,34-35,37-41,44,49H,16-26,28H2,1-5H3/t29-,30?,31?,34?,35?,37?,38?,39?,40?,41?,44+,45?,46?/m0/s1. The van der Waals surface area contributed by atoms with E-state index in [2.05, 4.69) is 20.8 Å². The Hall–Kier alpha value is -3.40. The minimum atomic E-state index is -1.01. The molecule has 11 unspecified atom stereocenters. The van der Waals surface area contributed by atoms with Crippen molar-refractivity contribution in [2.45, 2.75) is 136 Å². The van der Waals surface area contributed by atoms with Gasteiger partial charge in [0.2, 0.25) is 0 Å². The summed E-state index contributed by atoms with van der Waals surface area (Å²) in [5, 5.41) is 10.4. The zero-order chi connectivity index (χ0) is 39.3. The summed E-state index contributed by atoms with van der Waals surface area (Å²) in [4.78, 5) is 52.6. The lowest BCUT2D eigenvalue weighted by atomic mass is 9.43. The van der Waals surface area contributed by atoms with E-state index < -0.39 is 30.4 Å². The second-order valence-electron chi connectivity index (χ2n) is 17.9. The van der Waals surface area contributed by atoms with Crippen LogP contribution in [0.1, 0.15) is 126 Å². The van der Waals surface area contributed by atoms with Crippen LogP contribution in [0.5, 0.6) is 0 Å². The van der Waals surface area contributed by atoms with Gasteiger partial charge in [-0.3, -0.25) is 4.79 Å². The van der Waals surface area contributed by atoms with Gasteiger partial charge >= 0.3 is 11.9 Å². The second kappa shape index (κ2) is 17.8. The van der Waals surface area contributed by atoms with Crippen molar-refractivity contribution in [3.05, 3.63) is 71.8 Å². The average molecular weight is 759 g/mol. The van der Waals surface area contributed by atoms with Crippen molar-refractivity contribution >= 4 is 24.0 Å². The van der Waals surface area contributed by atoms with E-state index in [4.69, 9.17) is 18.9 Å². The molecule has 0 bridgehead atoms. The van der Waals surface area contributed by atoms with E-state index in [-0.39, 0.29) is 53.7 Å². The van der Waals surface area contributed by atoms with Gasteiger partial charge in [-0.1, -0.05) is 64.1 Å². The van der Waals surface area contributed by atoms with Gasteiger partial charge in [-0.2, -0.15) is 0 Å². The summed E-state index contributed by atoms with van der Waals surface area (Å²) in [5.74, 6) is 0.674. The Kier molecular flexibility index (Phi) is 13.4. The van der Waals surface area contributed by atoms with Crippen LogP contribution in [-0.4, -0.2) is 66.4 Å². The number of fused-ring (bicyclic) bond motifs is 3. The van der Waals surface area contributed by atoms with Crippen LogP contribution < -0.4 is 0 Å². The molecule has 3 aliphatic carbocycles. The van der Waals surface area contributed by atoms with Gasteiger partial charge in [-0.25, -0.2) is 9.59 Å². The first-order valence-corrected chi connectivity index (χ1v) is 20.8. The number of aliphatic hydroxyl groups is 1. The molecule has 55 heavy (non-hydrogen) atoms. The third-order valence-corrected chi connectivity index (χ3v) is 14.4. The van der Waals surface area contributed by atoms with Crippen LogP contribution in [0.2, 0.25) is 0 Å². The zero-order valence-electron chi connectivity index (χ0n) is 33.4. The number of benzene rings is 2. The Labute approximate surface area is 327 Å². The molecule has 9 heteroatoms. The largest absolute Gasteiger partial charge is 0.455 e. The lowest BCUT2D eigenvalue weighted by Crippen LogP contribution is -2.55. The van der Waals surface area contributed by atoms with Crippen LogP contribution in [0.15, 0.2) is 60.7 Å². The minimum Gasteiger partial charge on any atom is -0.455 e. The van der Waals surface area contributed by atoms with Crippen molar-refractivity contribution in [2.24, 2.45) is 46.3 Å². The first kappa shape index (κ1) is 41.2. The molecule has 1 heterocycles. The van der Waals surface area contributed by atoms with Gasteiger partial charge in [0.25, 0.3) is 0 Å². The van der Waals surface area contributed by atoms with E-state index >= 15 is 0 Å². The van der Waals surface area contributed by atoms with Gasteiger partial charge in [0, 0.05) is 25.2 Å². The highest BCUT2D eigenvalue weighted by molar-refractivity contribution is 5.90. The van der Waals surface area contributed by atoms with Gasteiger partial charge in [0.05, 0.1) is 29.9 Å². The van der Waals surface area contributed by atoms with Gasteiger partial charge in [0.15, 0.2) is 12.4 Å². The molecular weight excluding hydrogens is 696 g/mol. The van der Waals surface area contributed by atoms with Crippen molar-refractivity contribution in [3.63, 3.8) is 0 Å². The van der Waals surface area contributed by atoms with Gasteiger partial charge in [0.1, 0.15) is 18.2 Å². The van der Waals surface area contributed by atoms with Crippen molar-refractivity contribution in [1.29, 1.82) is 0 Å². The highest BCUT2D eigenvalue weighted by atomic mass is 16.7. The number of carbonyl (C=O) groups is 4. The molecule has 4 fully saturated rings. The summed E-state index contributed by atoms with van der Waals surface area (Å²) in [7, 11) is 0. The molecule has 0 amide bonds. The first-order valence-electron chi connectivity index (χ1n) is 20.8. The number of rotatable bonds is 14. The molecule has 3 saturated carbocycles. The normalized spacial score (nSPS) is 35.6. The molecule has 1 N–H and O–H groups in total. The molecule has 2 aromatic carbocycles. The molecule has 0 spiro atoms. The molecule has 1 saturated heterocycles. The molecular formula is C46H62O9. The fraction of sp³-hybridized carbons (Fsp3) is 0.652. The Balaban J connectivity index is 1.04. The molecule has 2 aromatic rings. The molecule has 9 nitrogen and oxygen atoms in total. The number of ether oxygens (including phenoxy) is 4. The SMILES string of the molecule is CC1CC(OC(=O)c2ccccc2)C(OC(=O)c2ccccc2)[C@H](OC[C@@H](C)CCC(=O)CC(C=O)C2(C)CCC3C(CCC4CC(O)CCC43C)C2C)O1. The van der Waals surface area contributed by atoms with E-state index in [9.17, 15) is 24.3 Å². The third kappa shape index (κ3) is 9.26. The Morgan fingerprint density at radius 2 is 1.55 bits per heavy atom. The molecule has 300 valence electrons. The Morgan fingerprint density at radius 1 is 0.891 bits per heavy atom. The fourth-order valence-corrected chi connectivity index (χ4v) is 10.7. The van der Waals surface area contributed by atoms with E-state index in [1.54, 1.807) is 48.5 Å². The van der Waals surface area contributed by atoms with Crippen LogP contribution in [0, 0.1) is 46.3 Å². The Bertz CT molecular complexity index is 1610. The molecule has 0 radical (unpaired) electrons. The highest BCUT2D eigenvalue weighted by Gasteiger charge is 2.57. The number of carbonyl (C=O) groups excluding carboxylic acids is 4. The number of esters is 2. The quantitative estimate of drug-likeness (QED) is 0.149. The van der Waals surface area contributed by atoms with Gasteiger partial charge in [-0.15, -0.1) is 0 Å². The van der Waals surface area contributed by atoms with Gasteiger partial charge in [-0.05, 0) is 123 Å². The summed E-state index contributed by atoms with van der Waals surface area (Å²) >= 11 is 0. The van der Waals surface area contributed by atoms with E-state index in [1.165, 1.54) is 0 Å². The van der Waals surface area contributed by atoms with Crippen molar-refractivity contribution in [1.82, 2.24) is 0 Å². The third-order valence-electron chi connectivity index (χ3n) is 14.4. The highest BCUT2D eigenvalue weighted by Crippen LogP contribution is 2.64. The number of aliphatic hydroxyl groups excluding tert-OH is 1. The van der Waals surface area contributed by atoms with Crippen molar-refractivity contribution in [2.75, 3.05) is 6.61 Å². The fourth-order valence-electron chi connectivity index (χ4n) is 10.7. The molecule has 1 aliphatic heterocycles. The average Bonchev–Trinajstić information content (AvgIpc) is 3.18. The molecule has 13 atom stereocenters. The lowest BCUT2D eigenvalue weighted by molar-refractivity contribution is -0.265. The van der Waals surface area contributed by atoms with Crippen molar-refractivity contribution < 1.29 is 43.2 Å². The predicted molar refractivity (Wildman–Crippen MR) is 208 cm³/mol. The van der Waals surface area contributed by atoms with Crippen LogP contribution >= 0.6 is 0 Å². The predicted octanol–water partition coefficient (Wildman–Crippen LogP) is 8.41. The summed E-state index contributed by atoms with van der Waals surface area (Å²) in [6, 6.07) is 17.3. The summed E-state index contributed by atoms with van der Waals surface area (Å²) in [6.45, 7) is 11.1. The second-order valence-corrected chi connectivity index (χ2v) is 17.9. The zero-order valence-corrected chi connectivity index (χ0v) is 33.4. The van der Waals surface area contributed by atoms with E-state index in [0.29, 0.717) is 54.1 Å². The smallest absolute Gasteiger partial charge is 0.338 e. The Morgan fingerprint density at radius 3 is 2.20 bits per heavy atom. The van der Waals surface area contributed by atoms with Crippen LogP contribution in [0.4, 0.5) is 0 Å². The number of Topliss-reactive ketones (excluding diaryl/α,β-unsaturated/α-hetero) is 1. The molecule has 0 aromatic heterocycles. The van der Waals surface area contributed by atoms with Gasteiger partial charge < -0.3 is 28.8 Å². The maximum atomic E-state index is 13.5. The number of hydrogen-bond donors (Lipinski definition) is 1. The summed E-state index contributed by atoms with van der Waals surface area (Å²) < 4.78 is 24.3. The van der Waals surface area contributed by atoms with Crippen LogP contribution in [0.25, 0.3) is 0 Å². The van der Waals surface area contributed by atoms with Crippen LogP contribution in [0.3, 0.4) is 0 Å². The maximum Gasteiger partial charge on any atom is 0.338 e. The van der Waals surface area contributed by atoms with Crippen LogP contribution in [-0.2, 0) is 28.5 Å². The number of hydrogen-bond acceptors (Lipinski definition) is 9.